The number of amides is 1. The zero-order valence-electron chi connectivity index (χ0n) is 19.2. The third-order valence-corrected chi connectivity index (χ3v) is 7.22. The molecule has 37 heavy (non-hydrogen) atoms. The van der Waals surface area contributed by atoms with Crippen molar-refractivity contribution in [1.29, 1.82) is 0 Å². The lowest BCUT2D eigenvalue weighted by atomic mass is 10.1. The van der Waals surface area contributed by atoms with Crippen LogP contribution in [0.25, 0.3) is 5.69 Å². The van der Waals surface area contributed by atoms with Crippen molar-refractivity contribution in [3.8, 4) is 5.69 Å². The van der Waals surface area contributed by atoms with Gasteiger partial charge in [0.25, 0.3) is 11.5 Å². The van der Waals surface area contributed by atoms with Gasteiger partial charge in [-0.2, -0.15) is 13.2 Å². The number of rotatable bonds is 8. The molecule has 0 spiro atoms. The summed E-state index contributed by atoms with van der Waals surface area (Å²) < 4.78 is 55.2. The van der Waals surface area contributed by atoms with E-state index in [4.69, 9.17) is 11.6 Å². The van der Waals surface area contributed by atoms with Crippen LogP contribution in [0.1, 0.15) is 22.5 Å². The van der Waals surface area contributed by atoms with Crippen LogP contribution >= 0.6 is 22.9 Å². The number of aliphatic hydroxyl groups excluding tert-OH is 1. The van der Waals surface area contributed by atoms with E-state index < -0.39 is 49.2 Å². The van der Waals surface area contributed by atoms with Gasteiger partial charge in [-0.25, -0.2) is 4.39 Å². The van der Waals surface area contributed by atoms with Gasteiger partial charge < -0.3 is 15.7 Å². The van der Waals surface area contributed by atoms with Crippen LogP contribution in [0.15, 0.2) is 59.5 Å². The van der Waals surface area contributed by atoms with Crippen molar-refractivity contribution in [2.75, 3.05) is 18.4 Å². The Bertz CT molecular complexity index is 1320. The number of halogens is 5. The minimum atomic E-state index is -4.41. The number of thiophene rings is 1. The molecule has 1 aromatic carbocycles. The molecule has 1 amide bonds. The van der Waals surface area contributed by atoms with Gasteiger partial charge in [-0.1, -0.05) is 17.7 Å². The van der Waals surface area contributed by atoms with Crippen molar-refractivity contribution < 1.29 is 27.5 Å². The highest BCUT2D eigenvalue weighted by Gasteiger charge is 2.39. The molecular weight excluding hydrogens is 536 g/mol. The normalized spacial score (nSPS) is 19.1. The van der Waals surface area contributed by atoms with Gasteiger partial charge in [0.05, 0.1) is 33.1 Å². The van der Waals surface area contributed by atoms with Gasteiger partial charge in [0, 0.05) is 37.5 Å². The molecule has 1 aliphatic rings. The molecule has 0 radical (unpaired) electrons. The summed E-state index contributed by atoms with van der Waals surface area (Å²) in [6, 6.07) is 10.2. The highest BCUT2D eigenvalue weighted by Crippen LogP contribution is 2.28. The first-order chi connectivity index (χ1) is 17.5. The van der Waals surface area contributed by atoms with Crippen LogP contribution in [0.3, 0.4) is 0 Å². The SMILES string of the molecule is O=C(N[C@H]1CC(C(O)Nc2ccc(-n3ccccc3=O)cc2F)N(CCC(F)(F)F)C1)c1ccc(Cl)s1. The van der Waals surface area contributed by atoms with Crippen molar-refractivity contribution in [3.05, 3.63) is 80.1 Å². The van der Waals surface area contributed by atoms with E-state index in [1.165, 1.54) is 33.9 Å². The largest absolute Gasteiger partial charge is 0.390 e. The minimum absolute atomic E-state index is 0.0721. The molecule has 198 valence electrons. The molecule has 4 rings (SSSR count). The van der Waals surface area contributed by atoms with Crippen LogP contribution in [0.4, 0.5) is 23.2 Å². The molecule has 3 aromatic rings. The second kappa shape index (κ2) is 11.2. The highest BCUT2D eigenvalue weighted by atomic mass is 35.5. The smallest absolute Gasteiger partial charge is 0.372 e. The molecule has 1 aliphatic heterocycles. The summed E-state index contributed by atoms with van der Waals surface area (Å²) in [5.41, 5.74) is -0.171. The molecule has 2 aromatic heterocycles. The molecule has 3 N–H and O–H groups in total. The Kier molecular flexibility index (Phi) is 8.22. The number of pyridine rings is 1. The van der Waals surface area contributed by atoms with Gasteiger partial charge in [0.15, 0.2) is 0 Å². The summed E-state index contributed by atoms with van der Waals surface area (Å²) >= 11 is 6.94. The maximum absolute atomic E-state index is 14.8. The highest BCUT2D eigenvalue weighted by molar-refractivity contribution is 7.18. The summed E-state index contributed by atoms with van der Waals surface area (Å²) in [4.78, 5) is 26.3. The molecule has 0 bridgehead atoms. The number of nitrogens with zero attached hydrogens (tertiary/aromatic N) is 2. The van der Waals surface area contributed by atoms with E-state index in [9.17, 15) is 32.3 Å². The van der Waals surface area contributed by atoms with Gasteiger partial charge in [-0.05, 0) is 36.8 Å². The van der Waals surface area contributed by atoms with Crippen LogP contribution in [0, 0.1) is 5.82 Å². The number of carbonyl (C=O) groups excluding carboxylic acids is 1. The first kappa shape index (κ1) is 27.1. The van der Waals surface area contributed by atoms with Crippen molar-refractivity contribution in [1.82, 2.24) is 14.8 Å². The number of likely N-dealkylation sites (tertiary alicyclic amines) is 1. The lowest BCUT2D eigenvalue weighted by molar-refractivity contribution is -0.139. The second-order valence-electron chi connectivity index (χ2n) is 8.60. The van der Waals surface area contributed by atoms with Crippen molar-refractivity contribution in [2.24, 2.45) is 0 Å². The molecular formula is C24H23ClF4N4O3S. The predicted octanol–water partition coefficient (Wildman–Crippen LogP) is 4.25. The number of aliphatic hydroxyl groups is 1. The molecule has 2 unspecified atom stereocenters. The van der Waals surface area contributed by atoms with Crippen LogP contribution < -0.4 is 16.2 Å². The second-order valence-corrected chi connectivity index (χ2v) is 10.3. The number of hydrogen-bond acceptors (Lipinski definition) is 6. The van der Waals surface area contributed by atoms with Gasteiger partial charge in [-0.3, -0.25) is 19.1 Å². The number of carbonyl (C=O) groups is 1. The van der Waals surface area contributed by atoms with Crippen LogP contribution in [0.2, 0.25) is 4.34 Å². The van der Waals surface area contributed by atoms with Gasteiger partial charge >= 0.3 is 6.18 Å². The quantitative estimate of drug-likeness (QED) is 0.284. The average Bonchev–Trinajstić information content (AvgIpc) is 3.45. The van der Waals surface area contributed by atoms with Crippen LogP contribution in [-0.4, -0.2) is 58.1 Å². The first-order valence-corrected chi connectivity index (χ1v) is 12.5. The summed E-state index contributed by atoms with van der Waals surface area (Å²) in [6.07, 6.45) is -5.34. The van der Waals surface area contributed by atoms with E-state index in [0.717, 1.165) is 17.4 Å². The van der Waals surface area contributed by atoms with Gasteiger partial charge in [0.1, 0.15) is 12.0 Å². The number of alkyl halides is 3. The monoisotopic (exact) mass is 558 g/mol. The molecule has 3 atom stereocenters. The van der Waals surface area contributed by atoms with Crippen LogP contribution in [-0.2, 0) is 0 Å². The fourth-order valence-electron chi connectivity index (χ4n) is 4.25. The molecule has 7 nitrogen and oxygen atoms in total. The fourth-order valence-corrected chi connectivity index (χ4v) is 5.20. The molecule has 13 heteroatoms. The number of hydrogen-bond donors (Lipinski definition) is 3. The Balaban J connectivity index is 1.47. The van der Waals surface area contributed by atoms with E-state index in [-0.39, 0.29) is 29.9 Å². The topological polar surface area (TPSA) is 86.6 Å². The van der Waals surface area contributed by atoms with Gasteiger partial charge in [-0.15, -0.1) is 11.3 Å². The Morgan fingerprint density at radius 3 is 2.65 bits per heavy atom. The Hall–Kier alpha value is -2.93. The maximum Gasteiger partial charge on any atom is 0.390 e. The molecule has 1 saturated heterocycles. The number of benzene rings is 1. The summed E-state index contributed by atoms with van der Waals surface area (Å²) in [5, 5.41) is 16.2. The number of aromatic nitrogens is 1. The van der Waals surface area contributed by atoms with Crippen molar-refractivity contribution in [2.45, 2.75) is 37.3 Å². The molecule has 3 heterocycles. The molecule has 0 saturated carbocycles. The molecule has 0 aliphatic carbocycles. The van der Waals surface area contributed by atoms with Crippen molar-refractivity contribution in [3.63, 3.8) is 0 Å². The average molecular weight is 559 g/mol. The van der Waals surface area contributed by atoms with Gasteiger partial charge in [0.2, 0.25) is 0 Å². The third kappa shape index (κ3) is 6.89. The van der Waals surface area contributed by atoms with Crippen molar-refractivity contribution >= 4 is 34.5 Å². The maximum atomic E-state index is 14.8. The zero-order valence-corrected chi connectivity index (χ0v) is 20.8. The van der Waals surface area contributed by atoms with Crippen LogP contribution in [0.5, 0.6) is 0 Å². The standard InChI is InChI=1S/C24H23ClF4N4O3S/c25-20-7-6-19(37-20)23(36)30-14-11-18(32(13-14)10-8-24(27,28)29)22(35)31-17-5-4-15(12-16(17)26)33-9-2-1-3-21(33)34/h1-7,9,12,14,18,22,31,35H,8,10-11,13H2,(H,30,36)/t14-,18?,22?/m0/s1. The Labute approximate surface area is 218 Å². The van der Waals surface area contributed by atoms with E-state index in [1.54, 1.807) is 24.3 Å². The lowest BCUT2D eigenvalue weighted by Gasteiger charge is -2.29. The van der Waals surface area contributed by atoms with E-state index in [1.807, 2.05) is 0 Å². The lowest BCUT2D eigenvalue weighted by Crippen LogP contribution is -2.44. The first-order valence-electron chi connectivity index (χ1n) is 11.3. The van der Waals surface area contributed by atoms with E-state index in [0.29, 0.717) is 9.21 Å². The minimum Gasteiger partial charge on any atom is -0.372 e. The zero-order chi connectivity index (χ0) is 26.7. The number of nitrogens with one attached hydrogen (secondary N) is 2. The third-order valence-electron chi connectivity index (χ3n) is 5.99. The fraction of sp³-hybridized carbons (Fsp3) is 0.333. The summed E-state index contributed by atoms with van der Waals surface area (Å²) in [7, 11) is 0. The molecule has 1 fully saturated rings. The Morgan fingerprint density at radius 1 is 1.22 bits per heavy atom. The number of anilines is 1. The summed E-state index contributed by atoms with van der Waals surface area (Å²) in [6.45, 7) is -0.328. The predicted molar refractivity (Wildman–Crippen MR) is 133 cm³/mol. The summed E-state index contributed by atoms with van der Waals surface area (Å²) in [5.74, 6) is -1.18. The Morgan fingerprint density at radius 2 is 2.00 bits per heavy atom. The van der Waals surface area contributed by atoms with E-state index >= 15 is 0 Å². The van der Waals surface area contributed by atoms with E-state index in [2.05, 4.69) is 10.6 Å².